The van der Waals surface area contributed by atoms with Crippen molar-refractivity contribution in [3.8, 4) is 5.69 Å². The first kappa shape index (κ1) is 18.2. The Morgan fingerprint density at radius 1 is 1.07 bits per heavy atom. The quantitative estimate of drug-likeness (QED) is 0.520. The van der Waals surface area contributed by atoms with Crippen LogP contribution >= 0.6 is 0 Å². The van der Waals surface area contributed by atoms with Crippen LogP contribution in [0.3, 0.4) is 0 Å². The Hall–Kier alpha value is -3.88. The van der Waals surface area contributed by atoms with Crippen molar-refractivity contribution in [2.45, 2.75) is 18.9 Å². The Morgan fingerprint density at radius 3 is 2.83 bits per heavy atom. The Kier molecular flexibility index (Phi) is 4.55. The number of benzene rings is 2. The van der Waals surface area contributed by atoms with Crippen LogP contribution in [0.25, 0.3) is 16.6 Å². The van der Waals surface area contributed by atoms with Crippen LogP contribution in [0, 0.1) is 0 Å². The normalized spacial score (nSPS) is 16.7. The minimum Gasteiger partial charge on any atom is -0.337 e. The van der Waals surface area contributed by atoms with Crippen molar-refractivity contribution in [1.82, 2.24) is 34.7 Å². The molecule has 1 atom stereocenters. The van der Waals surface area contributed by atoms with Crippen molar-refractivity contribution in [2.24, 2.45) is 0 Å². The first-order valence-electron chi connectivity index (χ1n) is 9.79. The number of fused-ring (bicyclic) bond motifs is 1. The maximum Gasteiger partial charge on any atom is 0.261 e. The lowest BCUT2D eigenvalue weighted by molar-refractivity contribution is 0.0677. The number of hydrogen-bond donors (Lipinski definition) is 0. The van der Waals surface area contributed by atoms with Gasteiger partial charge in [-0.25, -0.2) is 9.67 Å². The second kappa shape index (κ2) is 7.51. The third kappa shape index (κ3) is 3.24. The molecule has 0 bridgehead atoms. The van der Waals surface area contributed by atoms with Crippen LogP contribution in [0.1, 0.15) is 29.2 Å². The summed E-state index contributed by atoms with van der Waals surface area (Å²) < 4.78 is 3.18. The highest BCUT2D eigenvalue weighted by Crippen LogP contribution is 2.23. The topological polar surface area (TPSA) is 98.8 Å². The molecule has 9 nitrogen and oxygen atoms in total. The summed E-state index contributed by atoms with van der Waals surface area (Å²) in [5.74, 6) is -0.0728. The fraction of sp³-hybridized carbons (Fsp3) is 0.238. The van der Waals surface area contributed by atoms with E-state index in [-0.39, 0.29) is 17.5 Å². The van der Waals surface area contributed by atoms with E-state index in [0.29, 0.717) is 35.2 Å². The zero-order valence-electron chi connectivity index (χ0n) is 16.1. The molecule has 0 unspecified atom stereocenters. The van der Waals surface area contributed by atoms with E-state index >= 15 is 0 Å². The van der Waals surface area contributed by atoms with Crippen molar-refractivity contribution < 1.29 is 4.79 Å². The molecule has 2 aromatic heterocycles. The number of carbonyl (C=O) groups is 1. The molecule has 4 aromatic rings. The van der Waals surface area contributed by atoms with Gasteiger partial charge >= 0.3 is 0 Å². The molecular formula is C21H19N7O2. The van der Waals surface area contributed by atoms with Crippen LogP contribution in [0.5, 0.6) is 0 Å². The number of likely N-dealkylation sites (tertiary alicyclic amines) is 1. The number of amides is 1. The maximum absolute atomic E-state index is 13.2. The smallest absolute Gasteiger partial charge is 0.261 e. The molecule has 1 amide bonds. The molecule has 2 aromatic carbocycles. The van der Waals surface area contributed by atoms with Gasteiger partial charge in [0.2, 0.25) is 0 Å². The summed E-state index contributed by atoms with van der Waals surface area (Å²) in [5, 5.41) is 11.7. The van der Waals surface area contributed by atoms with Gasteiger partial charge in [-0.1, -0.05) is 18.2 Å². The molecule has 1 aliphatic heterocycles. The Bertz CT molecular complexity index is 1270. The van der Waals surface area contributed by atoms with Gasteiger partial charge in [-0.3, -0.25) is 14.2 Å². The van der Waals surface area contributed by atoms with Crippen LogP contribution in [0.4, 0.5) is 0 Å². The summed E-state index contributed by atoms with van der Waals surface area (Å²) in [6.45, 7) is 1.12. The second-order valence-electron chi connectivity index (χ2n) is 7.33. The molecule has 150 valence electrons. The lowest BCUT2D eigenvalue weighted by Gasteiger charge is -2.33. The molecule has 9 heteroatoms. The molecule has 1 aliphatic rings. The summed E-state index contributed by atoms with van der Waals surface area (Å²) in [6.07, 6.45) is 4.73. The molecule has 0 spiro atoms. The average molecular weight is 401 g/mol. The zero-order chi connectivity index (χ0) is 20.5. The summed E-state index contributed by atoms with van der Waals surface area (Å²) >= 11 is 0. The predicted octanol–water partition coefficient (Wildman–Crippen LogP) is 1.85. The van der Waals surface area contributed by atoms with Gasteiger partial charge in [0.1, 0.15) is 6.33 Å². The SMILES string of the molecule is O=C(c1cccc(-n2cnnn2)c1)N1CCC[C@H](n2cnc3ccccc3c2=O)C1. The van der Waals surface area contributed by atoms with Crippen molar-refractivity contribution in [1.29, 1.82) is 0 Å². The minimum absolute atomic E-state index is 0.0689. The third-order valence-corrected chi connectivity index (χ3v) is 5.47. The number of carbonyl (C=O) groups excluding carboxylic acids is 1. The van der Waals surface area contributed by atoms with Crippen molar-refractivity contribution in [3.05, 3.63) is 77.1 Å². The van der Waals surface area contributed by atoms with Gasteiger partial charge in [-0.2, -0.15) is 0 Å². The van der Waals surface area contributed by atoms with E-state index in [1.165, 1.54) is 11.0 Å². The molecule has 0 radical (unpaired) electrons. The molecular weight excluding hydrogens is 382 g/mol. The third-order valence-electron chi connectivity index (χ3n) is 5.47. The molecule has 0 saturated carbocycles. The highest BCUT2D eigenvalue weighted by molar-refractivity contribution is 5.94. The van der Waals surface area contributed by atoms with Gasteiger partial charge in [-0.15, -0.1) is 5.10 Å². The van der Waals surface area contributed by atoms with E-state index in [0.717, 1.165) is 12.8 Å². The van der Waals surface area contributed by atoms with E-state index in [1.807, 2.05) is 30.3 Å². The Balaban J connectivity index is 1.41. The van der Waals surface area contributed by atoms with Gasteiger partial charge in [0.15, 0.2) is 0 Å². The second-order valence-corrected chi connectivity index (χ2v) is 7.33. The predicted molar refractivity (Wildman–Crippen MR) is 109 cm³/mol. The maximum atomic E-state index is 13.2. The minimum atomic E-state index is -0.102. The molecule has 1 saturated heterocycles. The number of nitrogens with zero attached hydrogens (tertiary/aromatic N) is 7. The largest absolute Gasteiger partial charge is 0.337 e. The van der Waals surface area contributed by atoms with E-state index in [2.05, 4.69) is 20.5 Å². The fourth-order valence-corrected chi connectivity index (χ4v) is 3.95. The van der Waals surface area contributed by atoms with E-state index < -0.39 is 0 Å². The van der Waals surface area contributed by atoms with Crippen LogP contribution in [-0.2, 0) is 0 Å². The van der Waals surface area contributed by atoms with Gasteiger partial charge in [0.25, 0.3) is 11.5 Å². The van der Waals surface area contributed by atoms with Crippen molar-refractivity contribution in [3.63, 3.8) is 0 Å². The van der Waals surface area contributed by atoms with Crippen LogP contribution in [0.15, 0.2) is 66.0 Å². The summed E-state index contributed by atoms with van der Waals surface area (Å²) in [7, 11) is 0. The lowest BCUT2D eigenvalue weighted by atomic mass is 10.0. The van der Waals surface area contributed by atoms with E-state index in [4.69, 9.17) is 0 Å². The first-order valence-corrected chi connectivity index (χ1v) is 9.79. The number of piperidine rings is 1. The molecule has 0 aliphatic carbocycles. The Morgan fingerprint density at radius 2 is 1.97 bits per heavy atom. The van der Waals surface area contributed by atoms with Crippen LogP contribution < -0.4 is 5.56 Å². The number of hydrogen-bond acceptors (Lipinski definition) is 6. The fourth-order valence-electron chi connectivity index (χ4n) is 3.95. The zero-order valence-corrected chi connectivity index (χ0v) is 16.1. The summed E-state index contributed by atoms with van der Waals surface area (Å²) in [6, 6.07) is 14.4. The van der Waals surface area contributed by atoms with Crippen molar-refractivity contribution >= 4 is 16.8 Å². The van der Waals surface area contributed by atoms with Crippen LogP contribution in [0.2, 0.25) is 0 Å². The monoisotopic (exact) mass is 401 g/mol. The van der Waals surface area contributed by atoms with Gasteiger partial charge < -0.3 is 4.90 Å². The standard InChI is InChI=1S/C21H19N7O2/c29-20(15-5-3-6-16(11-15)28-14-23-24-25-28)26-10-4-7-17(12-26)27-13-22-19-9-2-1-8-18(19)21(27)30/h1-3,5-6,8-9,11,13-14,17H,4,7,10,12H2/t17-/m0/s1. The van der Waals surface area contributed by atoms with Gasteiger partial charge in [0, 0.05) is 18.7 Å². The molecule has 0 N–H and O–H groups in total. The van der Waals surface area contributed by atoms with E-state index in [9.17, 15) is 9.59 Å². The van der Waals surface area contributed by atoms with Crippen molar-refractivity contribution in [2.75, 3.05) is 13.1 Å². The van der Waals surface area contributed by atoms with Crippen LogP contribution in [-0.4, -0.2) is 53.7 Å². The number of para-hydroxylation sites is 1. The van der Waals surface area contributed by atoms with Gasteiger partial charge in [0.05, 0.1) is 29.0 Å². The lowest BCUT2D eigenvalue weighted by Crippen LogP contribution is -2.43. The molecule has 3 heterocycles. The highest BCUT2D eigenvalue weighted by Gasteiger charge is 2.26. The molecule has 1 fully saturated rings. The highest BCUT2D eigenvalue weighted by atomic mass is 16.2. The Labute approximate surface area is 171 Å². The van der Waals surface area contributed by atoms with Gasteiger partial charge in [-0.05, 0) is 53.6 Å². The number of aromatic nitrogens is 6. The van der Waals surface area contributed by atoms with E-state index in [1.54, 1.807) is 34.0 Å². The summed E-state index contributed by atoms with van der Waals surface area (Å²) in [5.41, 5.74) is 1.89. The first-order chi connectivity index (χ1) is 14.7. The number of rotatable bonds is 3. The molecule has 5 rings (SSSR count). The summed E-state index contributed by atoms with van der Waals surface area (Å²) in [4.78, 5) is 32.3. The number of tetrazole rings is 1. The molecule has 30 heavy (non-hydrogen) atoms. The average Bonchev–Trinajstić information content (AvgIpc) is 3.34.